The van der Waals surface area contributed by atoms with Crippen LogP contribution in [-0.2, 0) is 4.43 Å². The molecule has 0 amide bonds. The molecule has 0 heterocycles. The van der Waals surface area contributed by atoms with Crippen molar-refractivity contribution in [2.24, 2.45) is 0 Å². The van der Waals surface area contributed by atoms with E-state index < -0.39 is 16.4 Å². The van der Waals surface area contributed by atoms with Crippen LogP contribution in [0.15, 0.2) is 0 Å². The predicted molar refractivity (Wildman–Crippen MR) is 69.0 cm³/mol. The van der Waals surface area contributed by atoms with Gasteiger partial charge in [-0.1, -0.05) is 32.5 Å². The molecule has 1 rings (SSSR count). The van der Waals surface area contributed by atoms with Gasteiger partial charge in [0.25, 0.3) is 0 Å². The highest BCUT2D eigenvalue weighted by molar-refractivity contribution is 6.92. The molecule has 0 aromatic carbocycles. The highest BCUT2D eigenvalue weighted by Crippen LogP contribution is 2.28. The van der Waals surface area contributed by atoms with Gasteiger partial charge in [-0.2, -0.15) is 0 Å². The van der Waals surface area contributed by atoms with Crippen molar-refractivity contribution in [2.75, 3.05) is 0 Å². The second kappa shape index (κ2) is 4.50. The first-order valence-corrected chi connectivity index (χ1v) is 12.8. The van der Waals surface area contributed by atoms with E-state index in [9.17, 15) is 0 Å². The summed E-state index contributed by atoms with van der Waals surface area (Å²) in [5.41, 5.74) is 1.41. The largest absolute Gasteiger partial charge is 0.415 e. The second-order valence-electron chi connectivity index (χ2n) is 6.52. The summed E-state index contributed by atoms with van der Waals surface area (Å²) in [6.07, 6.45) is 6.04. The van der Waals surface area contributed by atoms with Gasteiger partial charge in [0.1, 0.15) is 0 Å². The minimum Gasteiger partial charge on any atom is -0.415 e. The Morgan fingerprint density at radius 2 is 1.50 bits per heavy atom. The smallest absolute Gasteiger partial charge is 0.184 e. The van der Waals surface area contributed by atoms with Gasteiger partial charge in [-0.25, -0.2) is 0 Å². The Morgan fingerprint density at radius 3 is 1.93 bits per heavy atom. The second-order valence-corrected chi connectivity index (χ2v) is 16.8. The Balaban J connectivity index is 2.40. The van der Waals surface area contributed by atoms with E-state index in [2.05, 4.69) is 32.7 Å². The van der Waals surface area contributed by atoms with Crippen LogP contribution < -0.4 is 0 Å². The maximum absolute atomic E-state index is 6.35. The minimum atomic E-state index is -1.34. The summed E-state index contributed by atoms with van der Waals surface area (Å²) in [6, 6.07) is 0. The van der Waals surface area contributed by atoms with E-state index in [1.165, 1.54) is 31.4 Å². The zero-order chi connectivity index (χ0) is 10.8. The fourth-order valence-electron chi connectivity index (χ4n) is 2.78. The Bertz CT molecular complexity index is 178. The molecule has 0 radical (unpaired) electrons. The third kappa shape index (κ3) is 4.76. The van der Waals surface area contributed by atoms with E-state index in [0.29, 0.717) is 6.10 Å². The van der Waals surface area contributed by atoms with Crippen molar-refractivity contribution < 1.29 is 4.43 Å². The number of hydrogen-bond donors (Lipinski definition) is 0. The molecule has 0 unspecified atom stereocenters. The van der Waals surface area contributed by atoms with Crippen LogP contribution >= 0.6 is 0 Å². The summed E-state index contributed by atoms with van der Waals surface area (Å²) in [4.78, 5) is 0. The summed E-state index contributed by atoms with van der Waals surface area (Å²) in [7, 11) is -2.27. The van der Waals surface area contributed by atoms with Crippen molar-refractivity contribution in [1.29, 1.82) is 0 Å². The fourth-order valence-corrected chi connectivity index (χ4v) is 14.5. The van der Waals surface area contributed by atoms with E-state index in [-0.39, 0.29) is 0 Å². The van der Waals surface area contributed by atoms with Crippen LogP contribution in [0.25, 0.3) is 0 Å². The van der Waals surface area contributed by atoms with Gasteiger partial charge in [0.05, 0.1) is 0 Å². The predicted octanol–water partition coefficient (Wildman–Crippen LogP) is 4.03. The number of hydrogen-bond acceptors (Lipinski definition) is 1. The molecule has 0 saturated heterocycles. The van der Waals surface area contributed by atoms with Gasteiger partial charge < -0.3 is 4.43 Å². The van der Waals surface area contributed by atoms with Crippen molar-refractivity contribution in [3.63, 3.8) is 0 Å². The topological polar surface area (TPSA) is 9.23 Å². The zero-order valence-corrected chi connectivity index (χ0v) is 12.5. The zero-order valence-electron chi connectivity index (χ0n) is 10.5. The highest BCUT2D eigenvalue weighted by atomic mass is 28.4. The molecular weight excluding hydrogens is 204 g/mol. The summed E-state index contributed by atoms with van der Waals surface area (Å²) in [5, 5.41) is 0. The molecule has 0 N–H and O–H groups in total. The first kappa shape index (κ1) is 12.5. The van der Waals surface area contributed by atoms with Crippen LogP contribution in [0, 0.1) is 0 Å². The molecule has 0 spiro atoms. The average molecular weight is 230 g/mol. The lowest BCUT2D eigenvalue weighted by atomic mass is 10.3. The normalized spacial score (nSPS) is 20.4. The number of rotatable bonds is 4. The molecule has 3 heteroatoms. The maximum atomic E-state index is 6.35. The van der Waals surface area contributed by atoms with Crippen LogP contribution in [0.4, 0.5) is 0 Å². The lowest BCUT2D eigenvalue weighted by Crippen LogP contribution is -2.42. The lowest BCUT2D eigenvalue weighted by molar-refractivity contribution is 0.201. The third-order valence-electron chi connectivity index (χ3n) is 2.74. The summed E-state index contributed by atoms with van der Waals surface area (Å²) in [5.74, 6) is 0. The summed E-state index contributed by atoms with van der Waals surface area (Å²) >= 11 is 0. The molecule has 1 saturated carbocycles. The molecule has 1 nitrogen and oxygen atoms in total. The molecular formula is C11H26OSi2. The Kier molecular flexibility index (Phi) is 4.00. The molecule has 0 aliphatic heterocycles. The van der Waals surface area contributed by atoms with Crippen LogP contribution in [0.1, 0.15) is 25.7 Å². The van der Waals surface area contributed by atoms with Gasteiger partial charge in [-0.3, -0.25) is 0 Å². The van der Waals surface area contributed by atoms with E-state index in [4.69, 9.17) is 4.43 Å². The summed E-state index contributed by atoms with van der Waals surface area (Å²) in [6.45, 7) is 12.2. The van der Waals surface area contributed by atoms with E-state index in [1.54, 1.807) is 0 Å². The standard InChI is InChI=1S/C11H26OSi2/c1-13(2,3)10-14(4,5)12-11-8-6-7-9-11/h11H,6-10H2,1-5H3. The Hall–Kier alpha value is 0.394. The van der Waals surface area contributed by atoms with Gasteiger partial charge in [0.15, 0.2) is 8.32 Å². The van der Waals surface area contributed by atoms with E-state index in [0.717, 1.165) is 0 Å². The first-order valence-electron chi connectivity index (χ1n) is 5.96. The lowest BCUT2D eigenvalue weighted by Gasteiger charge is -2.32. The van der Waals surface area contributed by atoms with Crippen LogP contribution in [0.2, 0.25) is 38.4 Å². The quantitative estimate of drug-likeness (QED) is 0.663. The molecule has 84 valence electrons. The maximum Gasteiger partial charge on any atom is 0.184 e. The molecule has 14 heavy (non-hydrogen) atoms. The Morgan fingerprint density at radius 1 is 1.00 bits per heavy atom. The van der Waals surface area contributed by atoms with Gasteiger partial charge in [0.2, 0.25) is 0 Å². The molecule has 0 atom stereocenters. The van der Waals surface area contributed by atoms with Crippen molar-refractivity contribution in [2.45, 2.75) is 70.2 Å². The van der Waals surface area contributed by atoms with Crippen molar-refractivity contribution >= 4 is 16.4 Å². The van der Waals surface area contributed by atoms with Crippen molar-refractivity contribution in [3.05, 3.63) is 0 Å². The Labute approximate surface area is 91.4 Å². The molecule has 1 aliphatic carbocycles. The molecule has 1 aliphatic rings. The molecule has 0 aromatic heterocycles. The van der Waals surface area contributed by atoms with Gasteiger partial charge in [0, 0.05) is 14.2 Å². The minimum absolute atomic E-state index is 0.619. The SMILES string of the molecule is C[Si](C)(C)C[Si](C)(C)OC1CCCC1. The van der Waals surface area contributed by atoms with Crippen LogP contribution in [0.5, 0.6) is 0 Å². The van der Waals surface area contributed by atoms with Crippen LogP contribution in [0.3, 0.4) is 0 Å². The van der Waals surface area contributed by atoms with Crippen molar-refractivity contribution in [3.8, 4) is 0 Å². The average Bonchev–Trinajstić information content (AvgIpc) is 2.31. The highest BCUT2D eigenvalue weighted by Gasteiger charge is 2.33. The molecule has 0 aromatic rings. The molecule has 0 bridgehead atoms. The summed E-state index contributed by atoms with van der Waals surface area (Å²) < 4.78 is 6.35. The first-order chi connectivity index (χ1) is 6.29. The fraction of sp³-hybridized carbons (Fsp3) is 1.00. The van der Waals surface area contributed by atoms with Crippen molar-refractivity contribution in [1.82, 2.24) is 0 Å². The molecule has 1 fully saturated rings. The van der Waals surface area contributed by atoms with Gasteiger partial charge >= 0.3 is 0 Å². The van der Waals surface area contributed by atoms with E-state index in [1.807, 2.05) is 0 Å². The van der Waals surface area contributed by atoms with E-state index >= 15 is 0 Å². The van der Waals surface area contributed by atoms with Gasteiger partial charge in [-0.05, 0) is 31.6 Å². The monoisotopic (exact) mass is 230 g/mol. The van der Waals surface area contributed by atoms with Gasteiger partial charge in [-0.15, -0.1) is 0 Å². The van der Waals surface area contributed by atoms with Crippen LogP contribution in [-0.4, -0.2) is 22.5 Å². The third-order valence-corrected chi connectivity index (χ3v) is 11.4.